The topological polar surface area (TPSA) is 36.7 Å². The van der Waals surface area contributed by atoms with E-state index in [-0.39, 0.29) is 0 Å². The summed E-state index contributed by atoms with van der Waals surface area (Å²) in [6.45, 7) is 0. The summed E-state index contributed by atoms with van der Waals surface area (Å²) in [5.41, 5.74) is 7.32. The maximum absolute atomic E-state index is 9.34. The molecular formula is C36H22N2. The molecule has 0 amide bonds. The molecule has 0 atom stereocenters. The van der Waals surface area contributed by atoms with Crippen LogP contribution in [0.3, 0.4) is 0 Å². The largest absolute Gasteiger partial charge is 0.246 e. The highest BCUT2D eigenvalue weighted by molar-refractivity contribution is 6.21. The molecule has 0 spiro atoms. The zero-order valence-electron chi connectivity index (χ0n) is 20.6. The highest BCUT2D eigenvalue weighted by Gasteiger charge is 2.17. The molecule has 1 heterocycles. The number of pyridine rings is 1. The predicted molar refractivity (Wildman–Crippen MR) is 158 cm³/mol. The van der Waals surface area contributed by atoms with Crippen molar-refractivity contribution in [3.8, 4) is 39.4 Å². The van der Waals surface area contributed by atoms with Gasteiger partial charge in [-0.3, -0.25) is 0 Å². The predicted octanol–water partition coefficient (Wildman–Crippen LogP) is 9.41. The Morgan fingerprint density at radius 1 is 0.447 bits per heavy atom. The van der Waals surface area contributed by atoms with Crippen molar-refractivity contribution in [1.29, 1.82) is 5.26 Å². The summed E-state index contributed by atoms with van der Waals surface area (Å²) in [5, 5.41) is 16.7. The van der Waals surface area contributed by atoms with Crippen molar-refractivity contribution in [3.05, 3.63) is 139 Å². The van der Waals surface area contributed by atoms with Crippen molar-refractivity contribution < 1.29 is 0 Å². The molecule has 1 aromatic heterocycles. The van der Waals surface area contributed by atoms with E-state index in [1.165, 1.54) is 49.0 Å². The second-order valence-electron chi connectivity index (χ2n) is 9.53. The highest BCUT2D eigenvalue weighted by Crippen LogP contribution is 2.44. The molecule has 0 saturated carbocycles. The van der Waals surface area contributed by atoms with Crippen LogP contribution in [-0.2, 0) is 0 Å². The number of hydrogen-bond donors (Lipinski definition) is 0. The lowest BCUT2D eigenvalue weighted by atomic mass is 9.85. The fraction of sp³-hybridized carbons (Fsp3) is 0. The van der Waals surface area contributed by atoms with Gasteiger partial charge in [-0.25, -0.2) is 4.98 Å². The number of benzene rings is 6. The van der Waals surface area contributed by atoms with Crippen molar-refractivity contribution in [1.82, 2.24) is 4.98 Å². The molecule has 176 valence electrons. The minimum Gasteiger partial charge on any atom is -0.246 e. The fourth-order valence-corrected chi connectivity index (χ4v) is 5.62. The quantitative estimate of drug-likeness (QED) is 0.235. The molecule has 38 heavy (non-hydrogen) atoms. The van der Waals surface area contributed by atoms with E-state index in [2.05, 4.69) is 126 Å². The molecule has 0 radical (unpaired) electrons. The molecule has 7 aromatic rings. The summed E-state index contributed by atoms with van der Waals surface area (Å²) < 4.78 is 0. The van der Waals surface area contributed by atoms with Gasteiger partial charge >= 0.3 is 0 Å². The Kier molecular flexibility index (Phi) is 5.20. The van der Waals surface area contributed by atoms with Crippen LogP contribution in [0.4, 0.5) is 0 Å². The summed E-state index contributed by atoms with van der Waals surface area (Å²) in [5.74, 6) is 0. The maximum Gasteiger partial charge on any atom is 0.141 e. The Bertz CT molecular complexity index is 1990. The number of rotatable bonds is 3. The van der Waals surface area contributed by atoms with Crippen LogP contribution in [0.5, 0.6) is 0 Å². The number of nitrogens with zero attached hydrogens (tertiary/aromatic N) is 2. The summed E-state index contributed by atoms with van der Waals surface area (Å²) in [4.78, 5) is 4.14. The Labute approximate surface area is 221 Å². The zero-order valence-corrected chi connectivity index (χ0v) is 20.6. The smallest absolute Gasteiger partial charge is 0.141 e. The van der Waals surface area contributed by atoms with Gasteiger partial charge in [-0.05, 0) is 90.0 Å². The van der Waals surface area contributed by atoms with Crippen molar-refractivity contribution >= 4 is 32.3 Å². The van der Waals surface area contributed by atoms with Gasteiger partial charge in [0, 0.05) is 6.20 Å². The van der Waals surface area contributed by atoms with E-state index in [0.717, 1.165) is 16.7 Å². The lowest BCUT2D eigenvalue weighted by Gasteiger charge is -2.18. The Hall–Kier alpha value is -5.26. The van der Waals surface area contributed by atoms with Crippen LogP contribution in [0.15, 0.2) is 134 Å². The second-order valence-corrected chi connectivity index (χ2v) is 9.53. The molecule has 2 nitrogen and oxygen atoms in total. The van der Waals surface area contributed by atoms with Crippen molar-refractivity contribution in [2.45, 2.75) is 0 Å². The van der Waals surface area contributed by atoms with Gasteiger partial charge < -0.3 is 0 Å². The van der Waals surface area contributed by atoms with E-state index in [9.17, 15) is 5.26 Å². The lowest BCUT2D eigenvalue weighted by Crippen LogP contribution is -1.91. The molecule has 0 N–H and O–H groups in total. The van der Waals surface area contributed by atoms with Gasteiger partial charge in [0.15, 0.2) is 0 Å². The van der Waals surface area contributed by atoms with Crippen LogP contribution in [0.1, 0.15) is 5.69 Å². The molecule has 0 saturated heterocycles. The maximum atomic E-state index is 9.34. The third-order valence-corrected chi connectivity index (χ3v) is 7.33. The minimum absolute atomic E-state index is 0.420. The first kappa shape index (κ1) is 22.0. The SMILES string of the molecule is N#Cc1cc(-c2cccc(-c3c4ccccc4c(-c4ccc5ccccc5c4)c4ccccc34)c2)ccn1. The van der Waals surface area contributed by atoms with Crippen LogP contribution in [0.2, 0.25) is 0 Å². The van der Waals surface area contributed by atoms with Gasteiger partial charge in [0.1, 0.15) is 11.8 Å². The van der Waals surface area contributed by atoms with Gasteiger partial charge in [-0.1, -0.05) is 103 Å². The molecular weight excluding hydrogens is 460 g/mol. The molecule has 0 bridgehead atoms. The molecule has 0 aliphatic rings. The average molecular weight is 483 g/mol. The number of nitriles is 1. The van der Waals surface area contributed by atoms with Crippen molar-refractivity contribution in [2.24, 2.45) is 0 Å². The molecule has 0 aliphatic heterocycles. The first-order valence-corrected chi connectivity index (χ1v) is 12.7. The number of aromatic nitrogens is 1. The Morgan fingerprint density at radius 3 is 1.66 bits per heavy atom. The normalized spacial score (nSPS) is 11.1. The van der Waals surface area contributed by atoms with Crippen LogP contribution in [0.25, 0.3) is 65.7 Å². The van der Waals surface area contributed by atoms with E-state index < -0.39 is 0 Å². The molecule has 0 unspecified atom stereocenters. The first-order chi connectivity index (χ1) is 18.8. The fourth-order valence-electron chi connectivity index (χ4n) is 5.62. The highest BCUT2D eigenvalue weighted by atomic mass is 14.7. The van der Waals surface area contributed by atoms with Crippen LogP contribution in [-0.4, -0.2) is 4.98 Å². The lowest BCUT2D eigenvalue weighted by molar-refractivity contribution is 1.26. The van der Waals surface area contributed by atoms with Gasteiger partial charge in [-0.15, -0.1) is 0 Å². The summed E-state index contributed by atoms with van der Waals surface area (Å²) >= 11 is 0. The van der Waals surface area contributed by atoms with Gasteiger partial charge in [0.25, 0.3) is 0 Å². The van der Waals surface area contributed by atoms with E-state index >= 15 is 0 Å². The van der Waals surface area contributed by atoms with E-state index in [1.54, 1.807) is 6.20 Å². The molecule has 7 rings (SSSR count). The van der Waals surface area contributed by atoms with Crippen molar-refractivity contribution in [3.63, 3.8) is 0 Å². The van der Waals surface area contributed by atoms with E-state index in [1.807, 2.05) is 12.1 Å². The van der Waals surface area contributed by atoms with Crippen LogP contribution in [0, 0.1) is 11.3 Å². The van der Waals surface area contributed by atoms with Gasteiger partial charge in [0.2, 0.25) is 0 Å². The number of hydrogen-bond acceptors (Lipinski definition) is 2. The average Bonchev–Trinajstić information content (AvgIpc) is 2.99. The zero-order chi connectivity index (χ0) is 25.5. The van der Waals surface area contributed by atoms with Crippen molar-refractivity contribution in [2.75, 3.05) is 0 Å². The number of fused-ring (bicyclic) bond motifs is 3. The van der Waals surface area contributed by atoms with Gasteiger partial charge in [0.05, 0.1) is 0 Å². The summed E-state index contributed by atoms with van der Waals surface area (Å²) in [6, 6.07) is 47.3. The molecule has 2 heteroatoms. The third kappa shape index (κ3) is 3.61. The van der Waals surface area contributed by atoms with E-state index in [4.69, 9.17) is 0 Å². The standard InChI is InChI=1S/C36H22N2/c37-23-30-22-27(18-19-38-30)26-10-7-11-28(21-26)35-31-12-3-5-14-33(31)36(34-15-6-4-13-32(34)35)29-17-16-24-8-1-2-9-25(24)20-29/h1-22H. The third-order valence-electron chi connectivity index (χ3n) is 7.33. The molecule has 6 aromatic carbocycles. The monoisotopic (exact) mass is 482 g/mol. The summed E-state index contributed by atoms with van der Waals surface area (Å²) in [6.07, 6.45) is 1.70. The Morgan fingerprint density at radius 2 is 1.00 bits per heavy atom. The van der Waals surface area contributed by atoms with Gasteiger partial charge in [-0.2, -0.15) is 5.26 Å². The minimum atomic E-state index is 0.420. The molecule has 0 fully saturated rings. The Balaban J connectivity index is 1.53. The van der Waals surface area contributed by atoms with E-state index in [0.29, 0.717) is 5.69 Å². The second kappa shape index (κ2) is 9.00. The molecule has 0 aliphatic carbocycles. The summed E-state index contributed by atoms with van der Waals surface area (Å²) in [7, 11) is 0. The van der Waals surface area contributed by atoms with Crippen LogP contribution < -0.4 is 0 Å². The first-order valence-electron chi connectivity index (χ1n) is 12.7. The van der Waals surface area contributed by atoms with Crippen LogP contribution >= 0.6 is 0 Å².